The van der Waals surface area contributed by atoms with Gasteiger partial charge in [-0.05, 0) is 40.5 Å². The molecule has 0 saturated carbocycles. The highest BCUT2D eigenvalue weighted by atomic mass is 79.9. The number of halogens is 1. The van der Waals surface area contributed by atoms with E-state index in [4.69, 9.17) is 4.74 Å². The van der Waals surface area contributed by atoms with Crippen molar-refractivity contribution >= 4 is 33.0 Å². The van der Waals surface area contributed by atoms with E-state index in [0.717, 1.165) is 34.6 Å². The molecule has 0 aliphatic rings. The molecule has 5 heteroatoms. The second-order valence-corrected chi connectivity index (χ2v) is 5.59. The molecule has 0 aliphatic carbocycles. The summed E-state index contributed by atoms with van der Waals surface area (Å²) >= 11 is 5.18. The second-order valence-electron chi connectivity index (χ2n) is 3.79. The van der Waals surface area contributed by atoms with Gasteiger partial charge in [0.2, 0.25) is 0 Å². The number of aryl methyl sites for hydroxylation is 1. The fourth-order valence-corrected chi connectivity index (χ4v) is 2.85. The Bertz CT molecular complexity index is 527. The fourth-order valence-electron chi connectivity index (χ4n) is 1.56. The Balaban J connectivity index is 1.99. The molecule has 0 fully saturated rings. The Kier molecular flexibility index (Phi) is 4.60. The van der Waals surface area contributed by atoms with Gasteiger partial charge in [-0.3, -0.25) is 0 Å². The summed E-state index contributed by atoms with van der Waals surface area (Å²) in [6, 6.07) is 5.94. The third-order valence-corrected chi connectivity index (χ3v) is 4.19. The van der Waals surface area contributed by atoms with Gasteiger partial charge < -0.3 is 10.1 Å². The van der Waals surface area contributed by atoms with Crippen LogP contribution >= 0.6 is 27.3 Å². The van der Waals surface area contributed by atoms with Crippen molar-refractivity contribution in [1.29, 1.82) is 0 Å². The standard InChI is InChI=1S/C13H15BrN2OS/c1-3-13-16-10(8-18-13)7-15-9-4-5-12(17-2)11(14)6-9/h4-6,8,15H,3,7H2,1-2H3. The van der Waals surface area contributed by atoms with Crippen LogP contribution in [0.2, 0.25) is 0 Å². The number of nitrogens with one attached hydrogen (secondary N) is 1. The van der Waals surface area contributed by atoms with Gasteiger partial charge in [-0.25, -0.2) is 4.98 Å². The quantitative estimate of drug-likeness (QED) is 0.898. The third-order valence-electron chi connectivity index (χ3n) is 2.53. The van der Waals surface area contributed by atoms with Gasteiger partial charge in [0.1, 0.15) is 5.75 Å². The van der Waals surface area contributed by atoms with E-state index in [-0.39, 0.29) is 0 Å². The van der Waals surface area contributed by atoms with Gasteiger partial charge >= 0.3 is 0 Å². The van der Waals surface area contributed by atoms with Gasteiger partial charge in [0, 0.05) is 11.1 Å². The molecule has 1 heterocycles. The number of benzene rings is 1. The van der Waals surface area contributed by atoms with E-state index in [0.29, 0.717) is 0 Å². The number of aromatic nitrogens is 1. The molecule has 0 unspecified atom stereocenters. The number of ether oxygens (including phenoxy) is 1. The molecule has 18 heavy (non-hydrogen) atoms. The van der Waals surface area contributed by atoms with E-state index in [1.54, 1.807) is 18.4 Å². The minimum atomic E-state index is 0.745. The predicted octanol–water partition coefficient (Wildman–Crippen LogP) is 4.09. The van der Waals surface area contributed by atoms with Gasteiger partial charge in [0.25, 0.3) is 0 Å². The molecule has 0 bridgehead atoms. The molecule has 3 nitrogen and oxygen atoms in total. The lowest BCUT2D eigenvalue weighted by molar-refractivity contribution is 0.412. The van der Waals surface area contributed by atoms with Crippen molar-refractivity contribution in [3.05, 3.63) is 38.8 Å². The summed E-state index contributed by atoms with van der Waals surface area (Å²) in [5.41, 5.74) is 2.14. The van der Waals surface area contributed by atoms with E-state index in [2.05, 4.69) is 38.5 Å². The Morgan fingerprint density at radius 2 is 2.28 bits per heavy atom. The van der Waals surface area contributed by atoms with Gasteiger partial charge in [-0.1, -0.05) is 6.92 Å². The molecule has 0 atom stereocenters. The zero-order valence-corrected chi connectivity index (χ0v) is 12.8. The molecule has 0 aliphatic heterocycles. The van der Waals surface area contributed by atoms with Crippen LogP contribution in [0.4, 0.5) is 5.69 Å². The maximum absolute atomic E-state index is 5.20. The molecule has 2 rings (SSSR count). The number of thiazole rings is 1. The first-order valence-electron chi connectivity index (χ1n) is 5.73. The normalized spacial score (nSPS) is 10.4. The van der Waals surface area contributed by atoms with Crippen molar-refractivity contribution in [2.45, 2.75) is 19.9 Å². The summed E-state index contributed by atoms with van der Waals surface area (Å²) in [4.78, 5) is 4.52. The van der Waals surface area contributed by atoms with Crippen molar-refractivity contribution < 1.29 is 4.74 Å². The summed E-state index contributed by atoms with van der Waals surface area (Å²) in [6.07, 6.45) is 0.999. The molecule has 2 aromatic rings. The van der Waals surface area contributed by atoms with Crippen LogP contribution in [0.5, 0.6) is 5.75 Å². The highest BCUT2D eigenvalue weighted by molar-refractivity contribution is 9.10. The zero-order chi connectivity index (χ0) is 13.0. The Labute approximate surface area is 119 Å². The SMILES string of the molecule is CCc1nc(CNc2ccc(OC)c(Br)c2)cs1. The summed E-state index contributed by atoms with van der Waals surface area (Å²) in [5, 5.41) is 6.63. The molecule has 1 N–H and O–H groups in total. The fraction of sp³-hybridized carbons (Fsp3) is 0.308. The third kappa shape index (κ3) is 3.23. The van der Waals surface area contributed by atoms with Crippen LogP contribution in [0.25, 0.3) is 0 Å². The molecule has 0 spiro atoms. The average Bonchev–Trinajstić information content (AvgIpc) is 2.84. The summed E-state index contributed by atoms with van der Waals surface area (Å²) in [6.45, 7) is 2.87. The van der Waals surface area contributed by atoms with Crippen LogP contribution in [0, 0.1) is 0 Å². The average molecular weight is 327 g/mol. The van der Waals surface area contributed by atoms with E-state index >= 15 is 0 Å². The monoisotopic (exact) mass is 326 g/mol. The minimum Gasteiger partial charge on any atom is -0.496 e. The van der Waals surface area contributed by atoms with Crippen LogP contribution in [-0.4, -0.2) is 12.1 Å². The van der Waals surface area contributed by atoms with Gasteiger partial charge in [-0.15, -0.1) is 11.3 Å². The smallest absolute Gasteiger partial charge is 0.133 e. The van der Waals surface area contributed by atoms with Crippen molar-refractivity contribution in [3.63, 3.8) is 0 Å². The molecule has 1 aromatic carbocycles. The second kappa shape index (κ2) is 6.20. The first-order chi connectivity index (χ1) is 8.72. The van der Waals surface area contributed by atoms with Crippen LogP contribution in [0.1, 0.15) is 17.6 Å². The van der Waals surface area contributed by atoms with E-state index < -0.39 is 0 Å². The highest BCUT2D eigenvalue weighted by Gasteiger charge is 2.03. The molecule has 1 aromatic heterocycles. The van der Waals surface area contributed by atoms with Gasteiger partial charge in [0.15, 0.2) is 0 Å². The summed E-state index contributed by atoms with van der Waals surface area (Å²) in [5.74, 6) is 0.836. The molecule has 0 radical (unpaired) electrons. The molecule has 96 valence electrons. The number of hydrogen-bond donors (Lipinski definition) is 1. The minimum absolute atomic E-state index is 0.745. The maximum Gasteiger partial charge on any atom is 0.133 e. The lowest BCUT2D eigenvalue weighted by Gasteiger charge is -2.07. The number of anilines is 1. The first kappa shape index (κ1) is 13.4. The van der Waals surface area contributed by atoms with E-state index in [1.165, 1.54) is 5.01 Å². The molecule has 0 saturated heterocycles. The Morgan fingerprint density at radius 1 is 1.44 bits per heavy atom. The topological polar surface area (TPSA) is 34.2 Å². The van der Waals surface area contributed by atoms with Crippen molar-refractivity contribution in [2.24, 2.45) is 0 Å². The van der Waals surface area contributed by atoms with Gasteiger partial charge in [0.05, 0.1) is 28.8 Å². The summed E-state index contributed by atoms with van der Waals surface area (Å²) < 4.78 is 6.14. The lowest BCUT2D eigenvalue weighted by Crippen LogP contribution is -2.00. The van der Waals surface area contributed by atoms with Crippen molar-refractivity contribution in [2.75, 3.05) is 12.4 Å². The van der Waals surface area contributed by atoms with Crippen LogP contribution < -0.4 is 10.1 Å². The highest BCUT2D eigenvalue weighted by Crippen LogP contribution is 2.27. The molecule has 0 amide bonds. The number of nitrogens with zero attached hydrogens (tertiary/aromatic N) is 1. The number of hydrogen-bond acceptors (Lipinski definition) is 4. The Morgan fingerprint density at radius 3 is 2.89 bits per heavy atom. The van der Waals surface area contributed by atoms with Crippen molar-refractivity contribution in [1.82, 2.24) is 4.98 Å². The van der Waals surface area contributed by atoms with Gasteiger partial charge in [-0.2, -0.15) is 0 Å². The lowest BCUT2D eigenvalue weighted by atomic mass is 10.3. The molecular formula is C13H15BrN2OS. The van der Waals surface area contributed by atoms with Crippen LogP contribution in [-0.2, 0) is 13.0 Å². The Hall–Kier alpha value is -1.07. The largest absolute Gasteiger partial charge is 0.496 e. The van der Waals surface area contributed by atoms with E-state index in [1.807, 2.05) is 18.2 Å². The number of methoxy groups -OCH3 is 1. The zero-order valence-electron chi connectivity index (χ0n) is 10.4. The first-order valence-corrected chi connectivity index (χ1v) is 7.41. The van der Waals surface area contributed by atoms with Crippen molar-refractivity contribution in [3.8, 4) is 5.75 Å². The predicted molar refractivity (Wildman–Crippen MR) is 79.5 cm³/mol. The summed E-state index contributed by atoms with van der Waals surface area (Å²) in [7, 11) is 1.66. The van der Waals surface area contributed by atoms with E-state index in [9.17, 15) is 0 Å². The molecular weight excluding hydrogens is 312 g/mol. The van der Waals surface area contributed by atoms with Crippen LogP contribution in [0.3, 0.4) is 0 Å². The number of rotatable bonds is 5. The van der Waals surface area contributed by atoms with Crippen LogP contribution in [0.15, 0.2) is 28.1 Å². The maximum atomic E-state index is 5.20.